The van der Waals surface area contributed by atoms with Gasteiger partial charge in [-0.2, -0.15) is 0 Å². The molecule has 2 rings (SSSR count). The Morgan fingerprint density at radius 1 is 1.38 bits per heavy atom. The van der Waals surface area contributed by atoms with Crippen LogP contribution < -0.4 is 0 Å². The standard InChI is InChI=1S/C18H25NOS/c1-14(2)10-12-19-11-6-7-15(13-19)18(20)16-8-4-5-9-17(16)21-3/h4-5,8-10,15H,6-7,11-13H2,1-3H3/t15-/m1/s1. The van der Waals surface area contributed by atoms with E-state index in [1.54, 1.807) is 11.8 Å². The molecule has 2 nitrogen and oxygen atoms in total. The fourth-order valence-corrected chi connectivity index (χ4v) is 3.42. The molecule has 1 heterocycles. The molecule has 1 aromatic carbocycles. The number of likely N-dealkylation sites (tertiary alicyclic amines) is 1. The first-order chi connectivity index (χ1) is 10.1. The number of hydrogen-bond acceptors (Lipinski definition) is 3. The van der Waals surface area contributed by atoms with Crippen LogP contribution in [0.4, 0.5) is 0 Å². The van der Waals surface area contributed by atoms with E-state index in [0.717, 1.165) is 42.9 Å². The summed E-state index contributed by atoms with van der Waals surface area (Å²) in [6.07, 6.45) is 6.43. The zero-order valence-corrected chi connectivity index (χ0v) is 14.1. The predicted octanol–water partition coefficient (Wildman–Crippen LogP) is 4.27. The van der Waals surface area contributed by atoms with E-state index >= 15 is 0 Å². The lowest BCUT2D eigenvalue weighted by Crippen LogP contribution is -2.38. The van der Waals surface area contributed by atoms with Gasteiger partial charge in [-0.05, 0) is 45.6 Å². The molecule has 1 aromatic rings. The molecule has 0 amide bonds. The summed E-state index contributed by atoms with van der Waals surface area (Å²) >= 11 is 1.66. The smallest absolute Gasteiger partial charge is 0.168 e. The Balaban J connectivity index is 2.07. The van der Waals surface area contributed by atoms with Crippen LogP contribution in [0, 0.1) is 5.92 Å². The summed E-state index contributed by atoms with van der Waals surface area (Å²) in [7, 11) is 0. The van der Waals surface area contributed by atoms with Gasteiger partial charge >= 0.3 is 0 Å². The summed E-state index contributed by atoms with van der Waals surface area (Å²) in [6, 6.07) is 7.99. The van der Waals surface area contributed by atoms with Gasteiger partial charge in [0.2, 0.25) is 0 Å². The number of allylic oxidation sites excluding steroid dienone is 1. The Bertz CT molecular complexity index is 520. The SMILES string of the molecule is CSc1ccccc1C(=O)[C@@H]1CCCN(CC=C(C)C)C1. The number of ketones is 1. The van der Waals surface area contributed by atoms with E-state index in [2.05, 4.69) is 24.8 Å². The van der Waals surface area contributed by atoms with E-state index in [1.807, 2.05) is 30.5 Å². The van der Waals surface area contributed by atoms with Gasteiger partial charge in [-0.1, -0.05) is 29.8 Å². The first-order valence-corrected chi connectivity index (χ1v) is 8.87. The summed E-state index contributed by atoms with van der Waals surface area (Å²) in [4.78, 5) is 16.3. The van der Waals surface area contributed by atoms with Crippen LogP contribution in [-0.4, -0.2) is 36.6 Å². The van der Waals surface area contributed by atoms with Crippen molar-refractivity contribution in [2.45, 2.75) is 31.6 Å². The van der Waals surface area contributed by atoms with E-state index in [9.17, 15) is 4.79 Å². The molecule has 0 unspecified atom stereocenters. The number of benzene rings is 1. The van der Waals surface area contributed by atoms with Crippen molar-refractivity contribution in [2.75, 3.05) is 25.9 Å². The molecule has 1 fully saturated rings. The number of piperidine rings is 1. The van der Waals surface area contributed by atoms with Gasteiger partial charge in [-0.15, -0.1) is 11.8 Å². The number of hydrogen-bond donors (Lipinski definition) is 0. The minimum absolute atomic E-state index is 0.151. The number of nitrogens with zero attached hydrogens (tertiary/aromatic N) is 1. The number of thioether (sulfide) groups is 1. The first kappa shape index (κ1) is 16.3. The second kappa shape index (κ2) is 7.81. The maximum Gasteiger partial charge on any atom is 0.168 e. The number of carbonyl (C=O) groups is 1. The number of Topliss-reactive ketones (excluding diaryl/α,β-unsaturated/α-hetero) is 1. The molecule has 21 heavy (non-hydrogen) atoms. The monoisotopic (exact) mass is 303 g/mol. The first-order valence-electron chi connectivity index (χ1n) is 7.64. The van der Waals surface area contributed by atoms with Crippen molar-refractivity contribution >= 4 is 17.5 Å². The largest absolute Gasteiger partial charge is 0.299 e. The van der Waals surface area contributed by atoms with Gasteiger partial charge in [0, 0.05) is 29.5 Å². The lowest BCUT2D eigenvalue weighted by molar-refractivity contribution is 0.0828. The minimum Gasteiger partial charge on any atom is -0.299 e. The zero-order chi connectivity index (χ0) is 15.2. The molecule has 0 N–H and O–H groups in total. The highest BCUT2D eigenvalue weighted by Crippen LogP contribution is 2.26. The van der Waals surface area contributed by atoms with Crippen LogP contribution >= 0.6 is 11.8 Å². The topological polar surface area (TPSA) is 20.3 Å². The Morgan fingerprint density at radius 3 is 2.86 bits per heavy atom. The maximum atomic E-state index is 12.8. The van der Waals surface area contributed by atoms with Crippen molar-refractivity contribution in [3.63, 3.8) is 0 Å². The summed E-state index contributed by atoms with van der Waals surface area (Å²) in [6.45, 7) is 7.22. The molecule has 1 atom stereocenters. The summed E-state index contributed by atoms with van der Waals surface area (Å²) in [5.74, 6) is 0.472. The van der Waals surface area contributed by atoms with E-state index in [-0.39, 0.29) is 5.92 Å². The van der Waals surface area contributed by atoms with E-state index in [4.69, 9.17) is 0 Å². The molecule has 0 bridgehead atoms. The Labute approximate surface area is 132 Å². The summed E-state index contributed by atoms with van der Waals surface area (Å²) in [5.41, 5.74) is 2.25. The summed E-state index contributed by atoms with van der Waals surface area (Å²) < 4.78 is 0. The third-order valence-electron chi connectivity index (χ3n) is 4.01. The normalized spacial score (nSPS) is 19.3. The molecular formula is C18H25NOS. The van der Waals surface area contributed by atoms with Crippen LogP contribution in [0.15, 0.2) is 40.8 Å². The molecule has 0 aliphatic carbocycles. The molecular weight excluding hydrogens is 278 g/mol. The molecule has 0 spiro atoms. The highest BCUT2D eigenvalue weighted by atomic mass is 32.2. The van der Waals surface area contributed by atoms with Gasteiger partial charge in [0.15, 0.2) is 5.78 Å². The highest BCUT2D eigenvalue weighted by molar-refractivity contribution is 7.98. The molecule has 1 aliphatic heterocycles. The quantitative estimate of drug-likeness (QED) is 0.460. The molecule has 3 heteroatoms. The maximum absolute atomic E-state index is 12.8. The van der Waals surface area contributed by atoms with E-state index in [1.165, 1.54) is 5.57 Å². The van der Waals surface area contributed by atoms with Crippen LogP contribution in [-0.2, 0) is 0 Å². The van der Waals surface area contributed by atoms with Gasteiger partial charge in [-0.25, -0.2) is 0 Å². The molecule has 0 radical (unpaired) electrons. The molecule has 1 saturated heterocycles. The van der Waals surface area contributed by atoms with Crippen molar-refractivity contribution in [2.24, 2.45) is 5.92 Å². The lowest BCUT2D eigenvalue weighted by Gasteiger charge is -2.31. The van der Waals surface area contributed by atoms with Gasteiger partial charge in [0.1, 0.15) is 0 Å². The second-order valence-corrected chi connectivity index (χ2v) is 6.79. The number of rotatable bonds is 5. The second-order valence-electron chi connectivity index (χ2n) is 5.94. The van der Waals surface area contributed by atoms with Gasteiger partial charge in [0.25, 0.3) is 0 Å². The van der Waals surface area contributed by atoms with Crippen molar-refractivity contribution in [1.82, 2.24) is 4.90 Å². The average molecular weight is 303 g/mol. The Morgan fingerprint density at radius 2 is 2.14 bits per heavy atom. The summed E-state index contributed by atoms with van der Waals surface area (Å²) in [5, 5.41) is 0. The zero-order valence-electron chi connectivity index (χ0n) is 13.3. The average Bonchev–Trinajstić information content (AvgIpc) is 2.52. The molecule has 0 saturated carbocycles. The molecule has 0 aromatic heterocycles. The lowest BCUT2D eigenvalue weighted by atomic mass is 9.90. The van der Waals surface area contributed by atoms with Gasteiger partial charge in [-0.3, -0.25) is 9.69 Å². The Kier molecular flexibility index (Phi) is 6.07. The third kappa shape index (κ3) is 4.45. The van der Waals surface area contributed by atoms with Crippen molar-refractivity contribution < 1.29 is 4.79 Å². The van der Waals surface area contributed by atoms with Gasteiger partial charge in [0.05, 0.1) is 0 Å². The van der Waals surface area contributed by atoms with Crippen molar-refractivity contribution in [3.8, 4) is 0 Å². The Hall–Kier alpha value is -1.06. The van der Waals surface area contributed by atoms with Crippen LogP contribution in [0.25, 0.3) is 0 Å². The number of carbonyl (C=O) groups excluding carboxylic acids is 1. The fraction of sp³-hybridized carbons (Fsp3) is 0.500. The highest BCUT2D eigenvalue weighted by Gasteiger charge is 2.27. The third-order valence-corrected chi connectivity index (χ3v) is 4.80. The van der Waals surface area contributed by atoms with Crippen molar-refractivity contribution in [1.29, 1.82) is 0 Å². The minimum atomic E-state index is 0.151. The molecule has 114 valence electrons. The predicted molar refractivity (Wildman–Crippen MR) is 91.1 cm³/mol. The van der Waals surface area contributed by atoms with Crippen LogP contribution in [0.1, 0.15) is 37.0 Å². The fourth-order valence-electron chi connectivity index (χ4n) is 2.82. The van der Waals surface area contributed by atoms with Crippen LogP contribution in [0.3, 0.4) is 0 Å². The van der Waals surface area contributed by atoms with Gasteiger partial charge < -0.3 is 0 Å². The van der Waals surface area contributed by atoms with E-state index in [0.29, 0.717) is 5.78 Å². The van der Waals surface area contributed by atoms with Crippen molar-refractivity contribution in [3.05, 3.63) is 41.5 Å². The van der Waals surface area contributed by atoms with Crippen LogP contribution in [0.2, 0.25) is 0 Å². The van der Waals surface area contributed by atoms with Crippen LogP contribution in [0.5, 0.6) is 0 Å². The molecule has 1 aliphatic rings. The van der Waals surface area contributed by atoms with E-state index < -0.39 is 0 Å².